The molecule has 0 aromatic carbocycles. The molecule has 0 aliphatic heterocycles. The van der Waals surface area contributed by atoms with Crippen LogP contribution in [0.15, 0.2) is 6.07 Å². The summed E-state index contributed by atoms with van der Waals surface area (Å²) in [6.45, 7) is 8.21. The molecular weight excluding hydrogens is 190 g/mol. The summed E-state index contributed by atoms with van der Waals surface area (Å²) in [7, 11) is 1.80. The number of hydrogen-bond donors (Lipinski definition) is 1. The highest BCUT2D eigenvalue weighted by Gasteiger charge is 2.10. The molecule has 4 nitrogen and oxygen atoms in total. The van der Waals surface area contributed by atoms with Crippen molar-refractivity contribution in [3.8, 4) is 5.88 Å². The molecule has 4 heteroatoms. The molecule has 1 N–H and O–H groups in total. The smallest absolute Gasteiger partial charge is 0.225 e. The molecule has 1 unspecified atom stereocenters. The van der Waals surface area contributed by atoms with Crippen LogP contribution in [0.4, 0.5) is 5.95 Å². The lowest BCUT2D eigenvalue weighted by molar-refractivity contribution is 0.163. The van der Waals surface area contributed by atoms with Gasteiger partial charge in [0, 0.05) is 18.8 Å². The maximum absolute atomic E-state index is 5.71. The molecule has 84 valence electrons. The maximum atomic E-state index is 5.71. The summed E-state index contributed by atoms with van der Waals surface area (Å²) in [4.78, 5) is 8.43. The van der Waals surface area contributed by atoms with E-state index in [9.17, 15) is 0 Å². The van der Waals surface area contributed by atoms with Crippen molar-refractivity contribution in [2.45, 2.75) is 33.8 Å². The summed E-state index contributed by atoms with van der Waals surface area (Å²) in [5.74, 6) is 1.70. The third-order valence-corrected chi connectivity index (χ3v) is 2.30. The largest absolute Gasteiger partial charge is 0.474 e. The van der Waals surface area contributed by atoms with Gasteiger partial charge in [0.2, 0.25) is 11.8 Å². The molecule has 1 atom stereocenters. The Labute approximate surface area is 91.1 Å². The first-order valence-electron chi connectivity index (χ1n) is 5.23. The fourth-order valence-corrected chi connectivity index (χ4v) is 1.04. The summed E-state index contributed by atoms with van der Waals surface area (Å²) >= 11 is 0. The summed E-state index contributed by atoms with van der Waals surface area (Å²) in [5, 5.41) is 2.91. The lowest BCUT2D eigenvalue weighted by Crippen LogP contribution is -2.19. The Morgan fingerprint density at radius 1 is 1.27 bits per heavy atom. The van der Waals surface area contributed by atoms with Crippen LogP contribution in [0, 0.1) is 12.8 Å². The van der Waals surface area contributed by atoms with Crippen LogP contribution in [0.3, 0.4) is 0 Å². The summed E-state index contributed by atoms with van der Waals surface area (Å²) < 4.78 is 5.71. The maximum Gasteiger partial charge on any atom is 0.225 e. The van der Waals surface area contributed by atoms with Crippen LogP contribution in [0.1, 0.15) is 26.5 Å². The molecule has 0 saturated heterocycles. The highest BCUT2D eigenvalue weighted by atomic mass is 16.5. The van der Waals surface area contributed by atoms with Crippen molar-refractivity contribution in [3.05, 3.63) is 11.8 Å². The first-order chi connectivity index (χ1) is 7.02. The zero-order valence-electron chi connectivity index (χ0n) is 10.0. The Morgan fingerprint density at radius 2 is 1.93 bits per heavy atom. The number of hydrogen-bond acceptors (Lipinski definition) is 4. The molecule has 15 heavy (non-hydrogen) atoms. The van der Waals surface area contributed by atoms with Crippen molar-refractivity contribution in [2.24, 2.45) is 5.92 Å². The number of rotatable bonds is 4. The first-order valence-corrected chi connectivity index (χ1v) is 5.23. The molecule has 0 amide bonds. The number of aryl methyl sites for hydroxylation is 1. The molecule has 1 aromatic rings. The minimum Gasteiger partial charge on any atom is -0.474 e. The third kappa shape index (κ3) is 3.38. The van der Waals surface area contributed by atoms with E-state index in [-0.39, 0.29) is 6.10 Å². The quantitative estimate of drug-likeness (QED) is 0.826. The molecule has 0 bridgehead atoms. The van der Waals surface area contributed by atoms with Crippen LogP contribution in [0.5, 0.6) is 5.88 Å². The van der Waals surface area contributed by atoms with Crippen LogP contribution < -0.4 is 10.1 Å². The molecule has 0 saturated carbocycles. The van der Waals surface area contributed by atoms with E-state index >= 15 is 0 Å². The predicted molar refractivity (Wildman–Crippen MR) is 61.2 cm³/mol. The van der Waals surface area contributed by atoms with Gasteiger partial charge in [-0.3, -0.25) is 0 Å². The van der Waals surface area contributed by atoms with E-state index < -0.39 is 0 Å². The molecule has 1 aromatic heterocycles. The van der Waals surface area contributed by atoms with E-state index in [2.05, 4.69) is 29.1 Å². The van der Waals surface area contributed by atoms with Gasteiger partial charge < -0.3 is 10.1 Å². The van der Waals surface area contributed by atoms with Crippen LogP contribution >= 0.6 is 0 Å². The zero-order chi connectivity index (χ0) is 11.4. The van der Waals surface area contributed by atoms with Gasteiger partial charge in [-0.2, -0.15) is 4.98 Å². The van der Waals surface area contributed by atoms with Gasteiger partial charge in [-0.05, 0) is 19.8 Å². The second-order valence-corrected chi connectivity index (χ2v) is 3.99. The SMILES string of the molecule is CNc1nc(C)cc(OC(C)C(C)C)n1. The van der Waals surface area contributed by atoms with Crippen molar-refractivity contribution >= 4 is 5.95 Å². The standard InChI is InChI=1S/C11H19N3O/c1-7(2)9(4)15-10-6-8(3)13-11(12-5)14-10/h6-7,9H,1-5H3,(H,12,13,14). The van der Waals surface area contributed by atoms with E-state index in [1.807, 2.05) is 19.9 Å². The molecule has 1 heterocycles. The summed E-state index contributed by atoms with van der Waals surface area (Å²) in [6.07, 6.45) is 0.156. The molecule has 0 aliphatic carbocycles. The van der Waals surface area contributed by atoms with Crippen LogP contribution in [-0.4, -0.2) is 23.1 Å². The third-order valence-electron chi connectivity index (χ3n) is 2.30. The highest BCUT2D eigenvalue weighted by Crippen LogP contribution is 2.15. The zero-order valence-corrected chi connectivity index (χ0v) is 10.0. The monoisotopic (exact) mass is 209 g/mol. The van der Waals surface area contributed by atoms with E-state index in [1.165, 1.54) is 0 Å². The normalized spacial score (nSPS) is 12.7. The second kappa shape index (κ2) is 4.96. The number of anilines is 1. The molecule has 0 radical (unpaired) electrons. The number of nitrogens with one attached hydrogen (secondary N) is 1. The van der Waals surface area contributed by atoms with Gasteiger partial charge in [0.25, 0.3) is 0 Å². The van der Waals surface area contributed by atoms with E-state index in [0.29, 0.717) is 17.7 Å². The minimum absolute atomic E-state index is 0.156. The predicted octanol–water partition coefficient (Wildman–Crippen LogP) is 2.25. The minimum atomic E-state index is 0.156. The van der Waals surface area contributed by atoms with Crippen molar-refractivity contribution in [1.82, 2.24) is 9.97 Å². The number of nitrogens with zero attached hydrogens (tertiary/aromatic N) is 2. The van der Waals surface area contributed by atoms with Gasteiger partial charge in [0.1, 0.15) is 0 Å². The molecule has 0 spiro atoms. The van der Waals surface area contributed by atoms with Crippen molar-refractivity contribution in [3.63, 3.8) is 0 Å². The summed E-state index contributed by atoms with van der Waals surface area (Å²) in [5.41, 5.74) is 0.903. The van der Waals surface area contributed by atoms with E-state index in [4.69, 9.17) is 4.74 Å². The van der Waals surface area contributed by atoms with Crippen molar-refractivity contribution in [2.75, 3.05) is 12.4 Å². The topological polar surface area (TPSA) is 47.0 Å². The number of aromatic nitrogens is 2. The Balaban J connectivity index is 2.80. The molecular formula is C11H19N3O. The fourth-order valence-electron chi connectivity index (χ4n) is 1.04. The van der Waals surface area contributed by atoms with Gasteiger partial charge in [0.05, 0.1) is 6.10 Å². The Morgan fingerprint density at radius 3 is 2.47 bits per heavy atom. The average molecular weight is 209 g/mol. The van der Waals surface area contributed by atoms with Gasteiger partial charge >= 0.3 is 0 Å². The number of ether oxygens (including phenoxy) is 1. The Hall–Kier alpha value is -1.32. The van der Waals surface area contributed by atoms with Crippen LogP contribution in [0.25, 0.3) is 0 Å². The van der Waals surface area contributed by atoms with Gasteiger partial charge in [-0.1, -0.05) is 13.8 Å². The fraction of sp³-hybridized carbons (Fsp3) is 0.636. The molecule has 1 rings (SSSR count). The first kappa shape index (κ1) is 11.8. The molecule has 0 fully saturated rings. The lowest BCUT2D eigenvalue weighted by Gasteiger charge is -2.17. The average Bonchev–Trinajstić information content (AvgIpc) is 2.16. The van der Waals surface area contributed by atoms with Crippen molar-refractivity contribution < 1.29 is 4.74 Å². The Kier molecular flexibility index (Phi) is 3.88. The van der Waals surface area contributed by atoms with Crippen LogP contribution in [-0.2, 0) is 0 Å². The van der Waals surface area contributed by atoms with Gasteiger partial charge in [-0.15, -0.1) is 0 Å². The second-order valence-electron chi connectivity index (χ2n) is 3.99. The lowest BCUT2D eigenvalue weighted by atomic mass is 10.1. The molecule has 0 aliphatic rings. The van der Waals surface area contributed by atoms with Crippen LogP contribution in [0.2, 0.25) is 0 Å². The highest BCUT2D eigenvalue weighted by molar-refractivity contribution is 5.29. The Bertz CT molecular complexity index is 326. The van der Waals surface area contributed by atoms with E-state index in [1.54, 1.807) is 7.05 Å². The van der Waals surface area contributed by atoms with E-state index in [0.717, 1.165) is 5.69 Å². The van der Waals surface area contributed by atoms with Crippen molar-refractivity contribution in [1.29, 1.82) is 0 Å². The summed E-state index contributed by atoms with van der Waals surface area (Å²) in [6, 6.07) is 1.85. The van der Waals surface area contributed by atoms with Gasteiger partial charge in [0.15, 0.2) is 0 Å². The van der Waals surface area contributed by atoms with Gasteiger partial charge in [-0.25, -0.2) is 4.98 Å².